The van der Waals surface area contributed by atoms with Gasteiger partial charge in [-0.05, 0) is 12.8 Å². The van der Waals surface area contributed by atoms with Gasteiger partial charge in [-0.1, -0.05) is 0 Å². The molecule has 0 spiro atoms. The molecule has 8 nitrogen and oxygen atoms in total. The van der Waals surface area contributed by atoms with Crippen LogP contribution < -0.4 is 10.9 Å². The number of carboxylic acid groups (broad SMARTS) is 2. The van der Waals surface area contributed by atoms with E-state index >= 15 is 0 Å². The van der Waals surface area contributed by atoms with Gasteiger partial charge in [0.25, 0.3) is 5.56 Å². The van der Waals surface area contributed by atoms with Crippen LogP contribution in [0.2, 0.25) is 0 Å². The molecule has 0 saturated heterocycles. The monoisotopic (exact) mass is 267 g/mol. The van der Waals surface area contributed by atoms with Crippen LogP contribution in [0.5, 0.6) is 0 Å². The molecule has 0 aliphatic heterocycles. The summed E-state index contributed by atoms with van der Waals surface area (Å²) in [5, 5.41) is 19.9. The van der Waals surface area contributed by atoms with E-state index in [0.717, 1.165) is 12.8 Å². The molecule has 0 bridgehead atoms. The molecule has 1 aromatic rings. The van der Waals surface area contributed by atoms with Crippen molar-refractivity contribution in [2.24, 2.45) is 0 Å². The van der Waals surface area contributed by atoms with Crippen LogP contribution in [0, 0.1) is 0 Å². The van der Waals surface area contributed by atoms with Crippen molar-refractivity contribution >= 4 is 17.8 Å². The molecule has 1 unspecified atom stereocenters. The number of nitrogens with one attached hydrogen (secondary N) is 1. The van der Waals surface area contributed by atoms with Gasteiger partial charge in [0.15, 0.2) is 5.82 Å². The first-order valence-corrected chi connectivity index (χ1v) is 5.77. The molecule has 1 heterocycles. The van der Waals surface area contributed by atoms with Crippen LogP contribution in [0.1, 0.15) is 25.3 Å². The average molecular weight is 267 g/mol. The second kappa shape index (κ2) is 5.09. The molecule has 19 heavy (non-hydrogen) atoms. The molecule has 8 heteroatoms. The van der Waals surface area contributed by atoms with Crippen molar-refractivity contribution in [2.75, 3.05) is 5.32 Å². The molecular weight excluding hydrogens is 254 g/mol. The maximum absolute atomic E-state index is 12.0. The van der Waals surface area contributed by atoms with E-state index in [-0.39, 0.29) is 11.9 Å². The van der Waals surface area contributed by atoms with Crippen LogP contribution >= 0.6 is 0 Å². The smallest absolute Gasteiger partial charge is 0.326 e. The highest BCUT2D eigenvalue weighted by Gasteiger charge is 2.27. The molecule has 1 aliphatic rings. The molecule has 1 saturated carbocycles. The summed E-state index contributed by atoms with van der Waals surface area (Å²) in [6.45, 7) is 0. The van der Waals surface area contributed by atoms with Gasteiger partial charge in [0.2, 0.25) is 0 Å². The fraction of sp³-hybridized carbons (Fsp3) is 0.455. The Kier molecular flexibility index (Phi) is 3.50. The zero-order chi connectivity index (χ0) is 14.0. The van der Waals surface area contributed by atoms with E-state index in [0.29, 0.717) is 0 Å². The third-order valence-electron chi connectivity index (χ3n) is 2.80. The van der Waals surface area contributed by atoms with Gasteiger partial charge in [0.05, 0.1) is 6.42 Å². The zero-order valence-electron chi connectivity index (χ0n) is 9.94. The molecule has 1 atom stereocenters. The molecule has 3 N–H and O–H groups in total. The summed E-state index contributed by atoms with van der Waals surface area (Å²) < 4.78 is 1.48. The molecular formula is C11H13N3O5. The molecule has 0 amide bonds. The van der Waals surface area contributed by atoms with Gasteiger partial charge in [-0.25, -0.2) is 9.78 Å². The largest absolute Gasteiger partial charge is 0.481 e. The average Bonchev–Trinajstić information content (AvgIpc) is 3.14. The van der Waals surface area contributed by atoms with Crippen molar-refractivity contribution in [3.8, 4) is 0 Å². The molecule has 0 radical (unpaired) electrons. The van der Waals surface area contributed by atoms with Crippen molar-refractivity contribution in [3.63, 3.8) is 0 Å². The number of nitrogens with zero attached hydrogens (tertiary/aromatic N) is 2. The minimum Gasteiger partial charge on any atom is -0.481 e. The SMILES string of the molecule is O=C(O)CC(Nc1nccn(C2CC2)c1=O)C(=O)O. The second-order valence-corrected chi connectivity index (χ2v) is 4.35. The first-order valence-electron chi connectivity index (χ1n) is 5.77. The Morgan fingerprint density at radius 2 is 2.16 bits per heavy atom. The van der Waals surface area contributed by atoms with Crippen molar-refractivity contribution in [3.05, 3.63) is 22.7 Å². The van der Waals surface area contributed by atoms with E-state index in [1.54, 1.807) is 0 Å². The lowest BCUT2D eigenvalue weighted by atomic mass is 10.2. The zero-order valence-corrected chi connectivity index (χ0v) is 9.94. The van der Waals surface area contributed by atoms with E-state index in [4.69, 9.17) is 10.2 Å². The quantitative estimate of drug-likeness (QED) is 0.658. The van der Waals surface area contributed by atoms with Crippen LogP contribution in [0.25, 0.3) is 0 Å². The third kappa shape index (κ3) is 3.09. The first-order chi connectivity index (χ1) is 8.99. The highest BCUT2D eigenvalue weighted by Crippen LogP contribution is 2.33. The highest BCUT2D eigenvalue weighted by molar-refractivity contribution is 5.83. The fourth-order valence-electron chi connectivity index (χ4n) is 1.70. The summed E-state index contributed by atoms with van der Waals surface area (Å²) in [5.74, 6) is -2.74. The van der Waals surface area contributed by atoms with Gasteiger partial charge in [0.1, 0.15) is 6.04 Å². The second-order valence-electron chi connectivity index (χ2n) is 4.35. The van der Waals surface area contributed by atoms with Crippen molar-refractivity contribution in [1.82, 2.24) is 9.55 Å². The predicted octanol–water partition coefficient (Wildman–Crippen LogP) is -0.0820. The Hall–Kier alpha value is -2.38. The van der Waals surface area contributed by atoms with Crippen molar-refractivity contribution in [2.45, 2.75) is 31.3 Å². The van der Waals surface area contributed by atoms with Crippen LogP contribution in [-0.2, 0) is 9.59 Å². The minimum atomic E-state index is -1.38. The van der Waals surface area contributed by atoms with Gasteiger partial charge in [0, 0.05) is 18.4 Å². The number of carbonyl (C=O) groups is 2. The van der Waals surface area contributed by atoms with Gasteiger partial charge >= 0.3 is 11.9 Å². The lowest BCUT2D eigenvalue weighted by Crippen LogP contribution is -2.35. The van der Waals surface area contributed by atoms with Crippen LogP contribution in [0.4, 0.5) is 5.82 Å². The van der Waals surface area contributed by atoms with Gasteiger partial charge in [-0.15, -0.1) is 0 Å². The molecule has 1 fully saturated rings. The van der Waals surface area contributed by atoms with Crippen LogP contribution in [0.15, 0.2) is 17.2 Å². The molecule has 102 valence electrons. The Labute approximate surface area is 107 Å². The normalized spacial score (nSPS) is 15.8. The van der Waals surface area contributed by atoms with E-state index in [1.165, 1.54) is 17.0 Å². The van der Waals surface area contributed by atoms with E-state index < -0.39 is 30.0 Å². The van der Waals surface area contributed by atoms with E-state index in [1.807, 2.05) is 0 Å². The number of rotatable bonds is 6. The predicted molar refractivity (Wildman–Crippen MR) is 64.1 cm³/mol. The molecule has 1 aromatic heterocycles. The van der Waals surface area contributed by atoms with Crippen molar-refractivity contribution < 1.29 is 19.8 Å². The summed E-state index contributed by atoms with van der Waals surface area (Å²) in [6.07, 6.45) is 4.11. The molecule has 2 rings (SSSR count). The van der Waals surface area contributed by atoms with Gasteiger partial charge in [-0.3, -0.25) is 9.59 Å². The summed E-state index contributed by atoms with van der Waals surface area (Å²) in [7, 11) is 0. The van der Waals surface area contributed by atoms with Crippen LogP contribution in [0.3, 0.4) is 0 Å². The maximum atomic E-state index is 12.0. The van der Waals surface area contributed by atoms with Gasteiger partial charge in [-0.2, -0.15) is 0 Å². The maximum Gasteiger partial charge on any atom is 0.326 e. The summed E-state index contributed by atoms with van der Waals surface area (Å²) in [4.78, 5) is 37.3. The third-order valence-corrected chi connectivity index (χ3v) is 2.80. The molecule has 0 aromatic carbocycles. The lowest BCUT2D eigenvalue weighted by molar-refractivity contribution is -0.144. The van der Waals surface area contributed by atoms with Gasteiger partial charge < -0.3 is 20.1 Å². The molecule has 1 aliphatic carbocycles. The Bertz CT molecular complexity index is 564. The van der Waals surface area contributed by atoms with E-state index in [9.17, 15) is 14.4 Å². The number of aliphatic carboxylic acids is 2. The first kappa shape index (κ1) is 13.1. The highest BCUT2D eigenvalue weighted by atomic mass is 16.4. The summed E-state index contributed by atoms with van der Waals surface area (Å²) >= 11 is 0. The fourth-order valence-corrected chi connectivity index (χ4v) is 1.70. The Morgan fingerprint density at radius 1 is 1.47 bits per heavy atom. The minimum absolute atomic E-state index is 0.136. The Morgan fingerprint density at radius 3 is 2.68 bits per heavy atom. The van der Waals surface area contributed by atoms with Crippen molar-refractivity contribution in [1.29, 1.82) is 0 Å². The summed E-state index contributed by atoms with van der Waals surface area (Å²) in [5.41, 5.74) is -0.429. The number of hydrogen-bond donors (Lipinski definition) is 3. The number of carboxylic acids is 2. The summed E-state index contributed by atoms with van der Waals surface area (Å²) in [6, 6.07) is -1.24. The Balaban J connectivity index is 2.21. The number of anilines is 1. The standard InChI is InChI=1S/C11H13N3O5/c15-8(16)5-7(11(18)19)13-9-10(17)14(4-3-12-9)6-1-2-6/h3-4,6-7H,1-2,5H2,(H,12,13)(H,15,16)(H,18,19). The topological polar surface area (TPSA) is 122 Å². The number of hydrogen-bond acceptors (Lipinski definition) is 5. The van der Waals surface area contributed by atoms with E-state index in [2.05, 4.69) is 10.3 Å². The lowest BCUT2D eigenvalue weighted by Gasteiger charge is -2.13. The number of aromatic nitrogens is 2. The van der Waals surface area contributed by atoms with Crippen LogP contribution in [-0.4, -0.2) is 37.7 Å².